The fraction of sp³-hybridized carbons (Fsp3) is 0.636. The maximum absolute atomic E-state index is 4.85. The van der Waals surface area contributed by atoms with E-state index in [1.54, 1.807) is 0 Å². The van der Waals surface area contributed by atoms with Crippen molar-refractivity contribution in [3.63, 3.8) is 0 Å². The average molecular weight is 462 g/mol. The molecule has 1 aromatic carbocycles. The molecular weight excluding hydrogens is 425 g/mol. The molecule has 0 saturated carbocycles. The molecule has 3 nitrogen and oxygen atoms in total. The van der Waals surface area contributed by atoms with E-state index >= 15 is 0 Å². The van der Waals surface area contributed by atoms with Crippen LogP contribution < -0.4 is 3.71 Å². The van der Waals surface area contributed by atoms with Crippen molar-refractivity contribution in [2.45, 2.75) is 86.1 Å². The summed E-state index contributed by atoms with van der Waals surface area (Å²) in [5.41, 5.74) is 2.66. The van der Waals surface area contributed by atoms with Crippen molar-refractivity contribution < 1.29 is 0 Å². The van der Waals surface area contributed by atoms with E-state index in [9.17, 15) is 0 Å². The average Bonchev–Trinajstić information content (AvgIpc) is 3.03. The van der Waals surface area contributed by atoms with Gasteiger partial charge in [-0.05, 0) is 0 Å². The predicted molar refractivity (Wildman–Crippen MR) is 115 cm³/mol. The Morgan fingerprint density at radius 2 is 1.38 bits per heavy atom. The number of nitrogens with zero attached hydrogens (tertiary/aromatic N) is 3. The molecule has 0 spiro atoms. The van der Waals surface area contributed by atoms with Crippen LogP contribution in [0, 0.1) is 6.92 Å². The second kappa shape index (κ2) is 11.1. The first-order chi connectivity index (χ1) is 12.7. The molecule has 4 heteroatoms. The van der Waals surface area contributed by atoms with Gasteiger partial charge in [0.2, 0.25) is 0 Å². The van der Waals surface area contributed by atoms with Gasteiger partial charge in [0.15, 0.2) is 0 Å². The number of aromatic nitrogens is 3. The standard InChI is InChI=1S/C10H10N3.3C4H9.Sn/c1-9-7-11-12-13(9)8-10-5-3-2-4-6-10;3*1-3-4-2;/h2-6H,8H2,1H3;3*1,3-4H2,2H3;. The van der Waals surface area contributed by atoms with E-state index in [0.717, 1.165) is 6.54 Å². The van der Waals surface area contributed by atoms with Crippen molar-refractivity contribution in [2.75, 3.05) is 0 Å². The molecule has 144 valence electrons. The third-order valence-corrected chi connectivity index (χ3v) is 21.1. The van der Waals surface area contributed by atoms with Crippen molar-refractivity contribution in [1.29, 1.82) is 0 Å². The van der Waals surface area contributed by atoms with Gasteiger partial charge in [-0.15, -0.1) is 0 Å². The SMILES string of the molecule is CCC[CH2][Sn]([CH2]CCC)([CH2]CCC)[c]1nnn(Cc2ccccc2)c1C. The molecule has 0 radical (unpaired) electrons. The summed E-state index contributed by atoms with van der Waals surface area (Å²) in [6.45, 7) is 10.1. The van der Waals surface area contributed by atoms with Gasteiger partial charge in [-0.25, -0.2) is 0 Å². The molecule has 2 rings (SSSR count). The summed E-state index contributed by atoms with van der Waals surface area (Å²) in [6, 6.07) is 10.7. The Morgan fingerprint density at radius 1 is 0.846 bits per heavy atom. The minimum absolute atomic E-state index is 0.844. The van der Waals surface area contributed by atoms with Gasteiger partial charge < -0.3 is 0 Å². The van der Waals surface area contributed by atoms with E-state index < -0.39 is 18.4 Å². The molecule has 1 aromatic heterocycles. The van der Waals surface area contributed by atoms with E-state index in [4.69, 9.17) is 5.10 Å². The van der Waals surface area contributed by atoms with Crippen molar-refractivity contribution in [2.24, 2.45) is 0 Å². The molecule has 0 N–H and O–H groups in total. The summed E-state index contributed by atoms with van der Waals surface area (Å²) >= 11 is -2.48. The van der Waals surface area contributed by atoms with Gasteiger partial charge in [-0.3, -0.25) is 0 Å². The van der Waals surface area contributed by atoms with Crippen LogP contribution in [0.25, 0.3) is 0 Å². The van der Waals surface area contributed by atoms with Gasteiger partial charge in [0.05, 0.1) is 0 Å². The summed E-state index contributed by atoms with van der Waals surface area (Å²) in [6.07, 6.45) is 8.01. The zero-order valence-electron chi connectivity index (χ0n) is 17.3. The van der Waals surface area contributed by atoms with E-state index in [0.29, 0.717) is 0 Å². The van der Waals surface area contributed by atoms with Crippen LogP contribution in [0.4, 0.5) is 0 Å². The van der Waals surface area contributed by atoms with Crippen LogP contribution in [0.3, 0.4) is 0 Å². The molecule has 2 aromatic rings. The van der Waals surface area contributed by atoms with Crippen LogP contribution in [0.5, 0.6) is 0 Å². The number of benzene rings is 1. The molecule has 0 amide bonds. The number of hydrogen-bond acceptors (Lipinski definition) is 2. The zero-order chi connectivity index (χ0) is 18.8. The second-order valence-electron chi connectivity index (χ2n) is 7.76. The first kappa shape index (κ1) is 21.5. The molecule has 0 aliphatic heterocycles. The van der Waals surface area contributed by atoms with Gasteiger partial charge in [-0.1, -0.05) is 0 Å². The number of unbranched alkanes of at least 4 members (excludes halogenated alkanes) is 3. The molecular formula is C22H37N3Sn. The van der Waals surface area contributed by atoms with Crippen LogP contribution in [0.1, 0.15) is 70.6 Å². The summed E-state index contributed by atoms with van der Waals surface area (Å²) < 4.78 is 7.99. The zero-order valence-corrected chi connectivity index (χ0v) is 20.2. The van der Waals surface area contributed by atoms with E-state index in [1.807, 2.05) is 0 Å². The van der Waals surface area contributed by atoms with Crippen LogP contribution in [-0.4, -0.2) is 33.4 Å². The van der Waals surface area contributed by atoms with Crippen LogP contribution in [0.2, 0.25) is 13.3 Å². The summed E-state index contributed by atoms with van der Waals surface area (Å²) in [5.74, 6) is 0. The number of rotatable bonds is 12. The Labute approximate surface area is 164 Å². The predicted octanol–water partition coefficient (Wildman–Crippen LogP) is 5.69. The van der Waals surface area contributed by atoms with Crippen LogP contribution in [-0.2, 0) is 6.54 Å². The first-order valence-electron chi connectivity index (χ1n) is 10.6. The Morgan fingerprint density at radius 3 is 1.88 bits per heavy atom. The molecule has 26 heavy (non-hydrogen) atoms. The normalized spacial score (nSPS) is 11.8. The maximum atomic E-state index is 4.85. The second-order valence-corrected chi connectivity index (χ2v) is 20.7. The molecule has 0 atom stereocenters. The van der Waals surface area contributed by atoms with Crippen molar-refractivity contribution >= 4 is 22.1 Å². The summed E-state index contributed by atoms with van der Waals surface area (Å²) in [5, 5.41) is 9.47. The van der Waals surface area contributed by atoms with E-state index in [-0.39, 0.29) is 0 Å². The fourth-order valence-corrected chi connectivity index (χ4v) is 20.3. The molecule has 0 fully saturated rings. The van der Waals surface area contributed by atoms with Crippen LogP contribution in [0.15, 0.2) is 30.3 Å². The minimum atomic E-state index is -2.48. The molecule has 0 saturated heterocycles. The summed E-state index contributed by atoms with van der Waals surface area (Å²) in [4.78, 5) is 0. The molecule has 0 bridgehead atoms. The molecule has 0 aliphatic rings. The third-order valence-electron chi connectivity index (χ3n) is 5.69. The van der Waals surface area contributed by atoms with Gasteiger partial charge in [0, 0.05) is 0 Å². The van der Waals surface area contributed by atoms with Crippen molar-refractivity contribution in [1.82, 2.24) is 15.0 Å². The Balaban J connectivity index is 2.33. The van der Waals surface area contributed by atoms with Gasteiger partial charge >= 0.3 is 165 Å². The summed E-state index contributed by atoms with van der Waals surface area (Å²) in [7, 11) is 0. The molecule has 0 unspecified atom stereocenters. The molecule has 0 aliphatic carbocycles. The molecule has 1 heterocycles. The number of hydrogen-bond donors (Lipinski definition) is 0. The van der Waals surface area contributed by atoms with Crippen molar-refractivity contribution in [3.8, 4) is 0 Å². The van der Waals surface area contributed by atoms with Gasteiger partial charge in [-0.2, -0.15) is 0 Å². The quantitative estimate of drug-likeness (QED) is 0.380. The fourth-order valence-electron chi connectivity index (χ4n) is 4.03. The van der Waals surface area contributed by atoms with Gasteiger partial charge in [0.1, 0.15) is 0 Å². The van der Waals surface area contributed by atoms with E-state index in [2.05, 4.69) is 67.9 Å². The monoisotopic (exact) mass is 463 g/mol. The topological polar surface area (TPSA) is 30.7 Å². The Hall–Kier alpha value is -0.841. The third kappa shape index (κ3) is 5.58. The Kier molecular flexibility index (Phi) is 9.16. The van der Waals surface area contributed by atoms with Crippen LogP contribution >= 0.6 is 0 Å². The van der Waals surface area contributed by atoms with Crippen molar-refractivity contribution in [3.05, 3.63) is 41.6 Å². The Bertz CT molecular complexity index is 614. The first-order valence-corrected chi connectivity index (χ1v) is 18.1. The van der Waals surface area contributed by atoms with Gasteiger partial charge in [0.25, 0.3) is 0 Å². The van der Waals surface area contributed by atoms with E-state index in [1.165, 1.54) is 66.8 Å².